The molecule has 0 saturated heterocycles. The number of fused-ring (bicyclic) bond motifs is 1. The molecule has 164 valence electrons. The molecule has 0 aliphatic heterocycles. The number of hydrogen-bond donors (Lipinski definition) is 3. The average Bonchev–Trinajstić information content (AvgIpc) is 3.25. The molecule has 2 heterocycles. The summed E-state index contributed by atoms with van der Waals surface area (Å²) < 4.78 is 16.3. The maximum absolute atomic E-state index is 12.0. The van der Waals surface area contributed by atoms with E-state index >= 15 is 0 Å². The van der Waals surface area contributed by atoms with Crippen molar-refractivity contribution in [3.05, 3.63) is 60.7 Å². The fraction of sp³-hybridized carbons (Fsp3) is 0.182. The summed E-state index contributed by atoms with van der Waals surface area (Å²) in [4.78, 5) is 24.8. The molecule has 0 aliphatic rings. The van der Waals surface area contributed by atoms with Crippen LogP contribution < -0.4 is 25.4 Å². The van der Waals surface area contributed by atoms with E-state index in [1.54, 1.807) is 38.6 Å². The van der Waals surface area contributed by atoms with Gasteiger partial charge in [-0.2, -0.15) is 0 Å². The molecule has 0 bridgehead atoms. The summed E-state index contributed by atoms with van der Waals surface area (Å²) in [6.07, 6.45) is 3.60. The van der Waals surface area contributed by atoms with Gasteiger partial charge in [0.15, 0.2) is 11.5 Å². The summed E-state index contributed by atoms with van der Waals surface area (Å²) in [5.74, 6) is 2.47. The number of nitrogens with zero attached hydrogens (tertiary/aromatic N) is 3. The Balaban J connectivity index is 1.35. The van der Waals surface area contributed by atoms with E-state index in [1.165, 1.54) is 6.33 Å². The van der Waals surface area contributed by atoms with Gasteiger partial charge in [-0.05, 0) is 18.2 Å². The molecule has 0 spiro atoms. The Hall–Kier alpha value is -4.34. The van der Waals surface area contributed by atoms with Crippen molar-refractivity contribution in [1.29, 1.82) is 0 Å². The molecule has 0 atom stereocenters. The topological polar surface area (TPSA) is 123 Å². The lowest BCUT2D eigenvalue weighted by atomic mass is 10.2. The van der Waals surface area contributed by atoms with Crippen LogP contribution >= 0.6 is 0 Å². The van der Waals surface area contributed by atoms with Gasteiger partial charge < -0.3 is 24.5 Å². The number of rotatable bonds is 8. The molecule has 2 aromatic heterocycles. The van der Waals surface area contributed by atoms with E-state index in [4.69, 9.17) is 13.9 Å². The number of aromatic nitrogens is 3. The van der Waals surface area contributed by atoms with Gasteiger partial charge in [-0.3, -0.25) is 5.32 Å². The lowest BCUT2D eigenvalue weighted by molar-refractivity contribution is 0.261. The first kappa shape index (κ1) is 20.9. The average molecular weight is 434 g/mol. The fourth-order valence-electron chi connectivity index (χ4n) is 3.09. The number of carbonyl (C=O) groups is 1. The number of amides is 2. The molecule has 32 heavy (non-hydrogen) atoms. The normalized spacial score (nSPS) is 10.6. The largest absolute Gasteiger partial charge is 0.493 e. The van der Waals surface area contributed by atoms with Gasteiger partial charge in [0.1, 0.15) is 17.9 Å². The maximum Gasteiger partial charge on any atom is 0.327 e. The summed E-state index contributed by atoms with van der Waals surface area (Å²) in [7, 11) is 3.16. The molecule has 2 amide bonds. The molecule has 3 N–H and O–H groups in total. The number of urea groups is 1. The summed E-state index contributed by atoms with van der Waals surface area (Å²) >= 11 is 0. The first-order valence-corrected chi connectivity index (χ1v) is 9.84. The van der Waals surface area contributed by atoms with Crippen LogP contribution in [-0.2, 0) is 6.42 Å². The van der Waals surface area contributed by atoms with Gasteiger partial charge in [0, 0.05) is 30.1 Å². The van der Waals surface area contributed by atoms with Crippen LogP contribution in [0, 0.1) is 0 Å². The van der Waals surface area contributed by atoms with Gasteiger partial charge in [0.25, 0.3) is 0 Å². The first-order valence-electron chi connectivity index (χ1n) is 9.84. The Bertz CT molecular complexity index is 1210. The number of benzene rings is 2. The standard InChI is InChI=1S/C22H22N6O4/c1-30-18-10-16-17(11-19(18)31-2)25-13-26-20(16)23-9-8-15-12-24-22(32-15)28-21(29)27-14-6-4-3-5-7-14/h3-7,10-13H,8-9H2,1-2H3,(H,23,25,26)(H2,24,27,28,29). The van der Waals surface area contributed by atoms with Crippen molar-refractivity contribution in [2.24, 2.45) is 0 Å². The van der Waals surface area contributed by atoms with Gasteiger partial charge >= 0.3 is 12.0 Å². The van der Waals surface area contributed by atoms with Gasteiger partial charge in [-0.1, -0.05) is 18.2 Å². The van der Waals surface area contributed by atoms with Crippen LogP contribution in [0.3, 0.4) is 0 Å². The minimum Gasteiger partial charge on any atom is -0.493 e. The van der Waals surface area contributed by atoms with Crippen LogP contribution in [-0.4, -0.2) is 41.7 Å². The zero-order chi connectivity index (χ0) is 22.3. The zero-order valence-corrected chi connectivity index (χ0v) is 17.6. The number of anilines is 3. The number of carbonyl (C=O) groups excluding carboxylic acids is 1. The Kier molecular flexibility index (Phi) is 6.30. The van der Waals surface area contributed by atoms with Crippen LogP contribution in [0.1, 0.15) is 5.76 Å². The molecule has 4 rings (SSSR count). The third-order valence-corrected chi connectivity index (χ3v) is 4.61. The molecule has 0 saturated carbocycles. The van der Waals surface area contributed by atoms with E-state index in [-0.39, 0.29) is 6.01 Å². The summed E-state index contributed by atoms with van der Waals surface area (Å²) in [5, 5.41) is 9.36. The van der Waals surface area contributed by atoms with Gasteiger partial charge in [-0.15, -0.1) is 0 Å². The second-order valence-corrected chi connectivity index (χ2v) is 6.70. The quantitative estimate of drug-likeness (QED) is 0.381. The van der Waals surface area contributed by atoms with Crippen LogP contribution in [0.2, 0.25) is 0 Å². The van der Waals surface area contributed by atoms with Crippen LogP contribution in [0.25, 0.3) is 10.9 Å². The van der Waals surface area contributed by atoms with Crippen molar-refractivity contribution in [2.45, 2.75) is 6.42 Å². The Labute approximate surface area is 184 Å². The second-order valence-electron chi connectivity index (χ2n) is 6.70. The van der Waals surface area contributed by atoms with E-state index in [9.17, 15) is 4.79 Å². The SMILES string of the molecule is COc1cc2ncnc(NCCc3cnc(NC(=O)Nc4ccccc4)o3)c2cc1OC. The van der Waals surface area contributed by atoms with Crippen molar-refractivity contribution < 1.29 is 18.7 Å². The predicted molar refractivity (Wildman–Crippen MR) is 120 cm³/mol. The third kappa shape index (κ3) is 4.86. The predicted octanol–water partition coefficient (Wildman–Crippen LogP) is 3.93. The van der Waals surface area contributed by atoms with E-state index in [2.05, 4.69) is 30.9 Å². The minimum atomic E-state index is -0.431. The Morgan fingerprint density at radius 3 is 2.56 bits per heavy atom. The summed E-state index contributed by atoms with van der Waals surface area (Å²) in [6, 6.07) is 12.4. The van der Waals surface area contributed by atoms with Crippen molar-refractivity contribution in [3.63, 3.8) is 0 Å². The molecule has 0 unspecified atom stereocenters. The molecule has 10 nitrogen and oxygen atoms in total. The number of nitrogens with one attached hydrogen (secondary N) is 3. The first-order chi connectivity index (χ1) is 15.7. The Morgan fingerprint density at radius 1 is 1.00 bits per heavy atom. The number of methoxy groups -OCH3 is 2. The Morgan fingerprint density at radius 2 is 1.78 bits per heavy atom. The number of hydrogen-bond acceptors (Lipinski definition) is 8. The van der Waals surface area contributed by atoms with Crippen molar-refractivity contribution in [3.8, 4) is 11.5 Å². The number of ether oxygens (including phenoxy) is 2. The van der Waals surface area contributed by atoms with Crippen LogP contribution in [0.4, 0.5) is 22.3 Å². The summed E-state index contributed by atoms with van der Waals surface area (Å²) in [5.41, 5.74) is 1.41. The molecule has 10 heteroatoms. The molecular formula is C22H22N6O4. The van der Waals surface area contributed by atoms with E-state index in [0.29, 0.717) is 41.7 Å². The molecule has 4 aromatic rings. The molecule has 0 aliphatic carbocycles. The monoisotopic (exact) mass is 434 g/mol. The van der Waals surface area contributed by atoms with Gasteiger partial charge in [-0.25, -0.2) is 19.7 Å². The van der Waals surface area contributed by atoms with E-state index in [1.807, 2.05) is 24.3 Å². The van der Waals surface area contributed by atoms with Crippen molar-refractivity contribution in [1.82, 2.24) is 15.0 Å². The van der Waals surface area contributed by atoms with Crippen LogP contribution in [0.15, 0.2) is 59.4 Å². The van der Waals surface area contributed by atoms with Gasteiger partial charge in [0.2, 0.25) is 0 Å². The second kappa shape index (κ2) is 9.65. The highest BCUT2D eigenvalue weighted by Crippen LogP contribution is 2.33. The highest BCUT2D eigenvalue weighted by molar-refractivity contribution is 5.98. The molecular weight excluding hydrogens is 412 g/mol. The zero-order valence-electron chi connectivity index (χ0n) is 17.6. The van der Waals surface area contributed by atoms with E-state index in [0.717, 1.165) is 10.9 Å². The highest BCUT2D eigenvalue weighted by atomic mass is 16.5. The number of oxazole rings is 1. The summed E-state index contributed by atoms with van der Waals surface area (Å²) in [6.45, 7) is 0.533. The van der Waals surface area contributed by atoms with Crippen molar-refractivity contribution >= 4 is 34.5 Å². The molecule has 0 radical (unpaired) electrons. The smallest absolute Gasteiger partial charge is 0.327 e. The minimum absolute atomic E-state index is 0.123. The highest BCUT2D eigenvalue weighted by Gasteiger charge is 2.12. The van der Waals surface area contributed by atoms with Crippen molar-refractivity contribution in [2.75, 3.05) is 36.7 Å². The lowest BCUT2D eigenvalue weighted by Gasteiger charge is -2.11. The molecule has 2 aromatic carbocycles. The number of para-hydroxylation sites is 1. The van der Waals surface area contributed by atoms with Crippen LogP contribution in [0.5, 0.6) is 11.5 Å². The lowest BCUT2D eigenvalue weighted by Crippen LogP contribution is -2.19. The van der Waals surface area contributed by atoms with Gasteiger partial charge in [0.05, 0.1) is 25.9 Å². The maximum atomic E-state index is 12.0. The van der Waals surface area contributed by atoms with E-state index < -0.39 is 6.03 Å². The fourth-order valence-corrected chi connectivity index (χ4v) is 3.09. The molecule has 0 fully saturated rings. The third-order valence-electron chi connectivity index (χ3n) is 4.61.